The summed E-state index contributed by atoms with van der Waals surface area (Å²) in [7, 11) is 0. The van der Waals surface area contributed by atoms with Gasteiger partial charge >= 0.3 is 0 Å². The molecule has 6 nitrogen and oxygen atoms in total. The predicted molar refractivity (Wildman–Crippen MR) is 138 cm³/mol. The monoisotopic (exact) mass is 484 g/mol. The molecule has 2 heterocycles. The Labute approximate surface area is 205 Å². The van der Waals surface area contributed by atoms with Crippen molar-refractivity contribution in [3.8, 4) is 11.3 Å². The average Bonchev–Trinajstić information content (AvgIpc) is 2.80. The Balaban J connectivity index is 1.53. The standard InChI is InChI=1S/C25H30Cl2N6/c1-3-17-11-18(7-8-19(17)15-33-10-9-29-16(2)14-33)23-13-30-24(28)25(32-23)31-12-20-21(26)5-4-6-22(20)27/h4-8,11,13,16,29H,3,9-10,12,14-15H2,1-2H3,(H2,28,30)(H,31,32). The number of anilines is 2. The van der Waals surface area contributed by atoms with Gasteiger partial charge in [0.1, 0.15) is 0 Å². The van der Waals surface area contributed by atoms with Gasteiger partial charge in [-0.15, -0.1) is 0 Å². The van der Waals surface area contributed by atoms with E-state index in [1.807, 2.05) is 18.2 Å². The molecule has 0 spiro atoms. The van der Waals surface area contributed by atoms with Crippen molar-refractivity contribution >= 4 is 34.8 Å². The van der Waals surface area contributed by atoms with E-state index in [0.717, 1.165) is 49.4 Å². The van der Waals surface area contributed by atoms with Crippen molar-refractivity contribution < 1.29 is 0 Å². The first kappa shape index (κ1) is 23.8. The van der Waals surface area contributed by atoms with Crippen LogP contribution in [0.3, 0.4) is 0 Å². The zero-order valence-electron chi connectivity index (χ0n) is 19.0. The van der Waals surface area contributed by atoms with Gasteiger partial charge < -0.3 is 16.4 Å². The molecule has 1 atom stereocenters. The Morgan fingerprint density at radius 2 is 1.97 bits per heavy atom. The van der Waals surface area contributed by atoms with E-state index < -0.39 is 0 Å². The van der Waals surface area contributed by atoms with E-state index in [0.29, 0.717) is 34.3 Å². The van der Waals surface area contributed by atoms with Crippen molar-refractivity contribution in [1.82, 2.24) is 20.2 Å². The second-order valence-electron chi connectivity index (χ2n) is 8.47. The summed E-state index contributed by atoms with van der Waals surface area (Å²) < 4.78 is 0. The number of nitrogen functional groups attached to an aromatic ring is 1. The highest BCUT2D eigenvalue weighted by Gasteiger charge is 2.17. The summed E-state index contributed by atoms with van der Waals surface area (Å²) in [5.41, 5.74) is 11.4. The van der Waals surface area contributed by atoms with Gasteiger partial charge in [-0.2, -0.15) is 0 Å². The minimum atomic E-state index is 0.335. The number of nitrogens with one attached hydrogen (secondary N) is 2. The van der Waals surface area contributed by atoms with E-state index in [1.165, 1.54) is 11.1 Å². The first-order valence-electron chi connectivity index (χ1n) is 11.3. The van der Waals surface area contributed by atoms with Gasteiger partial charge in [-0.25, -0.2) is 9.97 Å². The van der Waals surface area contributed by atoms with Crippen LogP contribution in [0.15, 0.2) is 42.6 Å². The molecule has 33 heavy (non-hydrogen) atoms. The third-order valence-electron chi connectivity index (χ3n) is 6.02. The minimum Gasteiger partial charge on any atom is -0.381 e. The fraction of sp³-hybridized carbons (Fsp3) is 0.360. The summed E-state index contributed by atoms with van der Waals surface area (Å²) in [5.74, 6) is 0.850. The van der Waals surface area contributed by atoms with E-state index in [-0.39, 0.29) is 0 Å². The summed E-state index contributed by atoms with van der Waals surface area (Å²) >= 11 is 12.6. The molecule has 1 saturated heterocycles. The Hall–Kier alpha value is -2.38. The summed E-state index contributed by atoms with van der Waals surface area (Å²) in [6.45, 7) is 8.98. The van der Waals surface area contributed by atoms with Crippen molar-refractivity contribution in [2.45, 2.75) is 39.4 Å². The third-order valence-corrected chi connectivity index (χ3v) is 6.73. The van der Waals surface area contributed by atoms with Crippen LogP contribution in [0.5, 0.6) is 0 Å². The van der Waals surface area contributed by atoms with E-state index in [1.54, 1.807) is 6.20 Å². The lowest BCUT2D eigenvalue weighted by Crippen LogP contribution is -2.48. The van der Waals surface area contributed by atoms with Gasteiger partial charge in [-0.1, -0.05) is 48.3 Å². The molecule has 4 N–H and O–H groups in total. The molecule has 0 saturated carbocycles. The van der Waals surface area contributed by atoms with E-state index in [4.69, 9.17) is 33.9 Å². The molecular weight excluding hydrogens is 455 g/mol. The molecule has 0 radical (unpaired) electrons. The molecule has 1 fully saturated rings. The summed E-state index contributed by atoms with van der Waals surface area (Å²) in [5, 5.41) is 7.94. The van der Waals surface area contributed by atoms with Gasteiger partial charge in [-0.05, 0) is 42.7 Å². The van der Waals surface area contributed by atoms with Gasteiger partial charge in [0.25, 0.3) is 0 Å². The Bertz CT molecular complexity index is 1100. The van der Waals surface area contributed by atoms with E-state index in [2.05, 4.69) is 52.6 Å². The number of hydrogen-bond donors (Lipinski definition) is 3. The maximum absolute atomic E-state index is 6.29. The topological polar surface area (TPSA) is 79.1 Å². The van der Waals surface area contributed by atoms with Crippen LogP contribution in [0.1, 0.15) is 30.5 Å². The maximum Gasteiger partial charge on any atom is 0.169 e. The van der Waals surface area contributed by atoms with Gasteiger partial charge in [0, 0.05) is 59.9 Å². The minimum absolute atomic E-state index is 0.335. The fourth-order valence-electron chi connectivity index (χ4n) is 4.21. The zero-order chi connectivity index (χ0) is 23.4. The maximum atomic E-state index is 6.29. The lowest BCUT2D eigenvalue weighted by atomic mass is 9.99. The van der Waals surface area contributed by atoms with Crippen LogP contribution in [-0.2, 0) is 19.5 Å². The number of nitrogens with zero attached hydrogens (tertiary/aromatic N) is 3. The van der Waals surface area contributed by atoms with Crippen LogP contribution >= 0.6 is 23.2 Å². The normalized spacial score (nSPS) is 16.7. The number of nitrogens with two attached hydrogens (primary N) is 1. The fourth-order valence-corrected chi connectivity index (χ4v) is 4.74. The van der Waals surface area contributed by atoms with Crippen molar-refractivity contribution in [3.63, 3.8) is 0 Å². The highest BCUT2D eigenvalue weighted by molar-refractivity contribution is 6.36. The van der Waals surface area contributed by atoms with Crippen molar-refractivity contribution in [3.05, 3.63) is 69.3 Å². The lowest BCUT2D eigenvalue weighted by Gasteiger charge is -2.32. The molecule has 0 aliphatic carbocycles. The smallest absolute Gasteiger partial charge is 0.169 e. The van der Waals surface area contributed by atoms with Crippen LogP contribution in [0.4, 0.5) is 11.6 Å². The Kier molecular flexibility index (Phi) is 7.71. The molecule has 1 aliphatic rings. The first-order valence-corrected chi connectivity index (χ1v) is 12.1. The van der Waals surface area contributed by atoms with E-state index >= 15 is 0 Å². The first-order chi connectivity index (χ1) is 15.9. The summed E-state index contributed by atoms with van der Waals surface area (Å²) in [6.07, 6.45) is 2.68. The van der Waals surface area contributed by atoms with Crippen molar-refractivity contribution in [2.75, 3.05) is 30.7 Å². The number of halogens is 2. The van der Waals surface area contributed by atoms with Crippen LogP contribution in [0.2, 0.25) is 10.0 Å². The number of benzene rings is 2. The molecule has 1 aromatic heterocycles. The number of hydrogen-bond acceptors (Lipinski definition) is 6. The Morgan fingerprint density at radius 1 is 1.18 bits per heavy atom. The van der Waals surface area contributed by atoms with Gasteiger partial charge in [0.2, 0.25) is 0 Å². The number of aryl methyl sites for hydroxylation is 1. The molecule has 2 aromatic carbocycles. The average molecular weight is 485 g/mol. The van der Waals surface area contributed by atoms with Gasteiger partial charge in [0.15, 0.2) is 11.6 Å². The molecular formula is C25H30Cl2N6. The van der Waals surface area contributed by atoms with Crippen LogP contribution < -0.4 is 16.4 Å². The van der Waals surface area contributed by atoms with Crippen LogP contribution in [0.25, 0.3) is 11.3 Å². The molecule has 1 unspecified atom stereocenters. The number of aromatic nitrogens is 2. The second kappa shape index (κ2) is 10.7. The molecule has 0 amide bonds. The van der Waals surface area contributed by atoms with Crippen LogP contribution in [0, 0.1) is 0 Å². The highest BCUT2D eigenvalue weighted by Crippen LogP contribution is 2.28. The van der Waals surface area contributed by atoms with Crippen molar-refractivity contribution in [1.29, 1.82) is 0 Å². The largest absolute Gasteiger partial charge is 0.381 e. The molecule has 174 valence electrons. The third kappa shape index (κ3) is 5.76. The molecule has 8 heteroatoms. The highest BCUT2D eigenvalue weighted by atomic mass is 35.5. The van der Waals surface area contributed by atoms with Crippen LogP contribution in [-0.4, -0.2) is 40.5 Å². The summed E-state index contributed by atoms with van der Waals surface area (Å²) in [4.78, 5) is 11.6. The van der Waals surface area contributed by atoms with E-state index in [9.17, 15) is 0 Å². The quantitative estimate of drug-likeness (QED) is 0.437. The van der Waals surface area contributed by atoms with Gasteiger partial charge in [0.05, 0.1) is 11.9 Å². The molecule has 1 aliphatic heterocycles. The predicted octanol–water partition coefficient (Wildman–Crippen LogP) is 5.00. The molecule has 3 aromatic rings. The zero-order valence-corrected chi connectivity index (χ0v) is 20.5. The molecule has 0 bridgehead atoms. The second-order valence-corrected chi connectivity index (χ2v) is 9.28. The van der Waals surface area contributed by atoms with Crippen molar-refractivity contribution in [2.24, 2.45) is 0 Å². The lowest BCUT2D eigenvalue weighted by molar-refractivity contribution is 0.199. The summed E-state index contributed by atoms with van der Waals surface area (Å²) in [6, 6.07) is 12.5. The van der Waals surface area contributed by atoms with Gasteiger partial charge in [-0.3, -0.25) is 4.90 Å². The number of rotatable bonds is 7. The Morgan fingerprint density at radius 3 is 2.70 bits per heavy atom. The molecule has 4 rings (SSSR count). The SMILES string of the molecule is CCc1cc(-c2cnc(N)c(NCc3c(Cl)cccc3Cl)n2)ccc1CN1CCNC(C)C1. The number of piperazine rings is 1.